The fourth-order valence-corrected chi connectivity index (χ4v) is 3.09. The molecule has 1 aromatic carbocycles. The van der Waals surface area contributed by atoms with Crippen LogP contribution in [0.1, 0.15) is 35.4 Å². The van der Waals surface area contributed by atoms with Crippen LogP contribution >= 0.6 is 0 Å². The van der Waals surface area contributed by atoms with E-state index in [1.807, 2.05) is 0 Å². The van der Waals surface area contributed by atoms with Crippen molar-refractivity contribution in [2.75, 3.05) is 0 Å². The fourth-order valence-electron chi connectivity index (χ4n) is 3.09. The van der Waals surface area contributed by atoms with Crippen LogP contribution in [-0.2, 0) is 12.8 Å². The maximum Gasteiger partial charge on any atom is 0.0954 e. The van der Waals surface area contributed by atoms with Crippen molar-refractivity contribution >= 4 is 0 Å². The third kappa shape index (κ3) is 1.27. The molecule has 76 valence electrons. The molecule has 0 heterocycles. The molecular weight excluding hydrogens is 194 g/mol. The van der Waals surface area contributed by atoms with Gasteiger partial charge in [0.25, 0.3) is 0 Å². The number of rotatable bonds is 0. The number of aryl methyl sites for hydroxylation is 1. The van der Waals surface area contributed by atoms with E-state index in [-0.39, 0.29) is 12.4 Å². The molecule has 14 heavy (non-hydrogen) atoms. The molecule has 0 aromatic heterocycles. The highest BCUT2D eigenvalue weighted by Gasteiger charge is 2.35. The smallest absolute Gasteiger partial charge is 0.0954 e. The van der Waals surface area contributed by atoms with Gasteiger partial charge in [-0.2, -0.15) is 0 Å². The Morgan fingerprint density at radius 1 is 1.21 bits per heavy atom. The van der Waals surface area contributed by atoms with E-state index in [2.05, 4.69) is 23.9 Å². The minimum Gasteiger partial charge on any atom is -1.00 e. The van der Waals surface area contributed by atoms with Crippen molar-refractivity contribution in [3.63, 3.8) is 0 Å². The number of halogens is 1. The summed E-state index contributed by atoms with van der Waals surface area (Å²) in [6.45, 7) is 0. The average Bonchev–Trinajstić information content (AvgIpc) is 2.47. The van der Waals surface area contributed by atoms with E-state index in [4.69, 9.17) is 0 Å². The summed E-state index contributed by atoms with van der Waals surface area (Å²) in [6.07, 6.45) is 5.26. The second-order valence-corrected chi connectivity index (χ2v) is 4.45. The first-order chi connectivity index (χ1) is 6.36. The Hall–Kier alpha value is -0.530. The van der Waals surface area contributed by atoms with Crippen molar-refractivity contribution < 1.29 is 18.1 Å². The highest BCUT2D eigenvalue weighted by Crippen LogP contribution is 2.41. The van der Waals surface area contributed by atoms with E-state index in [0.29, 0.717) is 6.04 Å². The normalized spacial score (nSPS) is 28.1. The standard InChI is InChI=1S/C12H15N.ClH/c13-11-7-9-5-1-3-8-4-2-6-10(11)12(8)9;/h1,3,5,10-11H,2,4,6-7,13H2;1H. The van der Waals surface area contributed by atoms with Gasteiger partial charge in [0.05, 0.1) is 6.04 Å². The SMILES string of the molecule is [Cl-].[NH3+]C1Cc2cccc3c2C1CCC3. The monoisotopic (exact) mass is 209 g/mol. The Morgan fingerprint density at radius 3 is 2.86 bits per heavy atom. The molecule has 0 fully saturated rings. The van der Waals surface area contributed by atoms with E-state index in [1.165, 1.54) is 25.7 Å². The van der Waals surface area contributed by atoms with Gasteiger partial charge in [0.1, 0.15) is 0 Å². The highest BCUT2D eigenvalue weighted by molar-refractivity contribution is 5.44. The van der Waals surface area contributed by atoms with Crippen molar-refractivity contribution in [1.29, 1.82) is 0 Å². The van der Waals surface area contributed by atoms with Gasteiger partial charge in [-0.3, -0.25) is 0 Å². The first-order valence-electron chi connectivity index (χ1n) is 5.30. The molecule has 0 aliphatic heterocycles. The topological polar surface area (TPSA) is 27.6 Å². The Morgan fingerprint density at radius 2 is 2.00 bits per heavy atom. The van der Waals surface area contributed by atoms with Crippen LogP contribution in [0, 0.1) is 0 Å². The number of hydrogen-bond acceptors (Lipinski definition) is 0. The van der Waals surface area contributed by atoms with E-state index >= 15 is 0 Å². The zero-order chi connectivity index (χ0) is 8.84. The summed E-state index contributed by atoms with van der Waals surface area (Å²) in [4.78, 5) is 0. The van der Waals surface area contributed by atoms with Gasteiger partial charge in [-0.05, 0) is 36.0 Å². The summed E-state index contributed by atoms with van der Waals surface area (Å²) in [5, 5.41) is 0. The lowest BCUT2D eigenvalue weighted by atomic mass is 9.83. The van der Waals surface area contributed by atoms with Gasteiger partial charge in [0.2, 0.25) is 0 Å². The molecule has 1 nitrogen and oxygen atoms in total. The summed E-state index contributed by atoms with van der Waals surface area (Å²) >= 11 is 0. The Kier molecular flexibility index (Phi) is 2.54. The molecule has 0 bridgehead atoms. The Balaban J connectivity index is 0.000000750. The van der Waals surface area contributed by atoms with E-state index in [1.54, 1.807) is 16.7 Å². The minimum absolute atomic E-state index is 0. The van der Waals surface area contributed by atoms with Crippen molar-refractivity contribution in [2.45, 2.75) is 37.6 Å². The molecule has 0 amide bonds. The fraction of sp³-hybridized carbons (Fsp3) is 0.500. The number of quaternary nitrogens is 1. The van der Waals surface area contributed by atoms with Crippen LogP contribution in [0.3, 0.4) is 0 Å². The van der Waals surface area contributed by atoms with Crippen LogP contribution in [-0.4, -0.2) is 6.04 Å². The van der Waals surface area contributed by atoms with Crippen molar-refractivity contribution in [2.24, 2.45) is 0 Å². The van der Waals surface area contributed by atoms with Gasteiger partial charge in [-0.25, -0.2) is 0 Å². The molecule has 2 atom stereocenters. The summed E-state index contributed by atoms with van der Waals surface area (Å²) in [5.41, 5.74) is 9.15. The van der Waals surface area contributed by atoms with Crippen LogP contribution in [0.25, 0.3) is 0 Å². The van der Waals surface area contributed by atoms with E-state index < -0.39 is 0 Å². The molecule has 2 unspecified atom stereocenters. The zero-order valence-corrected chi connectivity index (χ0v) is 9.06. The van der Waals surface area contributed by atoms with Crippen LogP contribution in [0.4, 0.5) is 0 Å². The molecule has 2 aliphatic carbocycles. The van der Waals surface area contributed by atoms with Crippen LogP contribution < -0.4 is 18.1 Å². The summed E-state index contributed by atoms with van der Waals surface area (Å²) < 4.78 is 0. The Bertz CT molecular complexity index is 348. The molecule has 3 rings (SSSR count). The van der Waals surface area contributed by atoms with Crippen molar-refractivity contribution in [3.8, 4) is 0 Å². The first kappa shape index (κ1) is 10.0. The lowest BCUT2D eigenvalue weighted by Crippen LogP contribution is -3.00. The van der Waals surface area contributed by atoms with Gasteiger partial charge in [0.15, 0.2) is 0 Å². The maximum absolute atomic E-state index is 4.28. The van der Waals surface area contributed by atoms with E-state index in [9.17, 15) is 0 Å². The first-order valence-corrected chi connectivity index (χ1v) is 5.30. The van der Waals surface area contributed by atoms with Crippen LogP contribution in [0.5, 0.6) is 0 Å². The van der Waals surface area contributed by atoms with Gasteiger partial charge >= 0.3 is 0 Å². The zero-order valence-electron chi connectivity index (χ0n) is 8.30. The maximum atomic E-state index is 4.28. The average molecular weight is 210 g/mol. The second-order valence-electron chi connectivity index (χ2n) is 4.45. The quantitative estimate of drug-likeness (QED) is 0.527. The minimum atomic E-state index is 0. The lowest BCUT2D eigenvalue weighted by Gasteiger charge is -2.22. The molecule has 0 saturated heterocycles. The molecule has 0 saturated carbocycles. The third-order valence-electron chi connectivity index (χ3n) is 3.67. The Labute approximate surface area is 91.1 Å². The van der Waals surface area contributed by atoms with Gasteiger partial charge in [0, 0.05) is 12.3 Å². The number of hydrogen-bond donors (Lipinski definition) is 1. The predicted octanol–water partition coefficient (Wildman–Crippen LogP) is -1.72. The van der Waals surface area contributed by atoms with Crippen LogP contribution in [0.15, 0.2) is 18.2 Å². The summed E-state index contributed by atoms with van der Waals surface area (Å²) in [6, 6.07) is 7.47. The molecular formula is C12H16ClN. The third-order valence-corrected chi connectivity index (χ3v) is 3.67. The largest absolute Gasteiger partial charge is 1.00 e. The van der Waals surface area contributed by atoms with Crippen molar-refractivity contribution in [3.05, 3.63) is 34.9 Å². The summed E-state index contributed by atoms with van der Waals surface area (Å²) in [5.74, 6) is 0.792. The second kappa shape index (κ2) is 3.56. The predicted molar refractivity (Wildman–Crippen MR) is 52.5 cm³/mol. The molecule has 2 heteroatoms. The van der Waals surface area contributed by atoms with E-state index in [0.717, 1.165) is 5.92 Å². The molecule has 3 N–H and O–H groups in total. The molecule has 0 spiro atoms. The molecule has 2 aliphatic rings. The lowest BCUT2D eigenvalue weighted by molar-refractivity contribution is -0.423. The van der Waals surface area contributed by atoms with Gasteiger partial charge < -0.3 is 18.1 Å². The van der Waals surface area contributed by atoms with Crippen molar-refractivity contribution in [1.82, 2.24) is 0 Å². The van der Waals surface area contributed by atoms with Gasteiger partial charge in [-0.1, -0.05) is 18.2 Å². The molecule has 0 radical (unpaired) electrons. The van der Waals surface area contributed by atoms with Crippen LogP contribution in [0.2, 0.25) is 0 Å². The van der Waals surface area contributed by atoms with Gasteiger partial charge in [-0.15, -0.1) is 0 Å². The summed E-state index contributed by atoms with van der Waals surface area (Å²) in [7, 11) is 0. The number of benzene rings is 1. The highest BCUT2D eigenvalue weighted by atomic mass is 35.5. The molecule has 1 aromatic rings.